The van der Waals surface area contributed by atoms with E-state index in [4.69, 9.17) is 0 Å². The lowest BCUT2D eigenvalue weighted by atomic mass is 9.87. The van der Waals surface area contributed by atoms with Crippen LogP contribution in [0.15, 0.2) is 18.7 Å². The molecule has 4 heteroatoms. The fraction of sp³-hybridized carbons (Fsp3) is 0.667. The van der Waals surface area contributed by atoms with Crippen molar-refractivity contribution in [3.05, 3.63) is 24.3 Å². The summed E-state index contributed by atoms with van der Waals surface area (Å²) >= 11 is 0. The first-order chi connectivity index (χ1) is 7.85. The maximum absolute atomic E-state index is 9.45. The van der Waals surface area contributed by atoms with Crippen LogP contribution in [0.5, 0.6) is 0 Å². The van der Waals surface area contributed by atoms with Gasteiger partial charge in [0.15, 0.2) is 0 Å². The molecule has 1 aromatic rings. The van der Waals surface area contributed by atoms with Crippen LogP contribution < -0.4 is 5.32 Å². The summed E-state index contributed by atoms with van der Waals surface area (Å²) < 4.78 is 0. The Morgan fingerprint density at radius 1 is 1.25 bits per heavy atom. The van der Waals surface area contributed by atoms with Crippen LogP contribution in [0.1, 0.15) is 31.2 Å². The lowest BCUT2D eigenvalue weighted by Gasteiger charge is -2.26. The van der Waals surface area contributed by atoms with E-state index in [0.717, 1.165) is 31.5 Å². The molecule has 2 rings (SSSR count). The van der Waals surface area contributed by atoms with E-state index in [-0.39, 0.29) is 5.41 Å². The molecule has 16 heavy (non-hydrogen) atoms. The van der Waals surface area contributed by atoms with Crippen molar-refractivity contribution < 1.29 is 5.11 Å². The lowest BCUT2D eigenvalue weighted by molar-refractivity contribution is 0.128. The van der Waals surface area contributed by atoms with Crippen molar-refractivity contribution >= 4 is 0 Å². The highest BCUT2D eigenvalue weighted by atomic mass is 16.3. The highest BCUT2D eigenvalue weighted by Crippen LogP contribution is 2.36. The van der Waals surface area contributed by atoms with Crippen molar-refractivity contribution in [1.29, 1.82) is 0 Å². The smallest absolute Gasteiger partial charge is 0.115 e. The van der Waals surface area contributed by atoms with E-state index in [1.165, 1.54) is 19.2 Å². The molecule has 0 atom stereocenters. The molecule has 0 saturated heterocycles. The fourth-order valence-corrected chi connectivity index (χ4v) is 2.41. The van der Waals surface area contributed by atoms with Gasteiger partial charge in [0.1, 0.15) is 6.33 Å². The summed E-state index contributed by atoms with van der Waals surface area (Å²) in [5.41, 5.74) is 1.21. The molecule has 1 aliphatic rings. The molecular weight excluding hydrogens is 202 g/mol. The third kappa shape index (κ3) is 2.77. The van der Waals surface area contributed by atoms with Gasteiger partial charge in [-0.2, -0.15) is 0 Å². The number of aliphatic hydroxyl groups is 1. The van der Waals surface area contributed by atoms with Gasteiger partial charge in [0.25, 0.3) is 0 Å². The number of hydrogen-bond acceptors (Lipinski definition) is 4. The molecule has 1 heterocycles. The zero-order valence-corrected chi connectivity index (χ0v) is 9.52. The summed E-state index contributed by atoms with van der Waals surface area (Å²) in [4.78, 5) is 7.94. The van der Waals surface area contributed by atoms with E-state index in [2.05, 4.69) is 15.3 Å². The molecule has 1 saturated carbocycles. The molecule has 4 nitrogen and oxygen atoms in total. The summed E-state index contributed by atoms with van der Waals surface area (Å²) in [6.45, 7) is 1.96. The standard InChI is InChI=1S/C12H19N3O/c16-9-12(3-1-2-4-12)8-13-5-11-6-14-10-15-7-11/h6-7,10,13,16H,1-5,8-9H2. The second-order valence-corrected chi connectivity index (χ2v) is 4.72. The van der Waals surface area contributed by atoms with Crippen LogP contribution in [0.2, 0.25) is 0 Å². The predicted octanol–water partition coefficient (Wildman–Crippen LogP) is 1.12. The molecule has 88 valence electrons. The zero-order valence-electron chi connectivity index (χ0n) is 9.52. The van der Waals surface area contributed by atoms with Crippen LogP contribution in [0.25, 0.3) is 0 Å². The van der Waals surface area contributed by atoms with E-state index >= 15 is 0 Å². The van der Waals surface area contributed by atoms with Gasteiger partial charge < -0.3 is 10.4 Å². The minimum absolute atomic E-state index is 0.121. The second kappa shape index (κ2) is 5.37. The number of aliphatic hydroxyl groups excluding tert-OH is 1. The van der Waals surface area contributed by atoms with Gasteiger partial charge in [-0.15, -0.1) is 0 Å². The second-order valence-electron chi connectivity index (χ2n) is 4.72. The van der Waals surface area contributed by atoms with Crippen molar-refractivity contribution in [3.8, 4) is 0 Å². The minimum Gasteiger partial charge on any atom is -0.396 e. The number of nitrogens with one attached hydrogen (secondary N) is 1. The van der Waals surface area contributed by atoms with Gasteiger partial charge in [-0.1, -0.05) is 12.8 Å². The van der Waals surface area contributed by atoms with Gasteiger partial charge >= 0.3 is 0 Å². The highest BCUT2D eigenvalue weighted by Gasteiger charge is 2.32. The fourth-order valence-electron chi connectivity index (χ4n) is 2.41. The molecule has 1 aromatic heterocycles. The van der Waals surface area contributed by atoms with Crippen LogP contribution in [0.3, 0.4) is 0 Å². The molecule has 0 aliphatic heterocycles. The third-order valence-electron chi connectivity index (χ3n) is 3.44. The Hall–Kier alpha value is -1.00. The van der Waals surface area contributed by atoms with Crippen LogP contribution in [0, 0.1) is 5.41 Å². The number of nitrogens with zero attached hydrogens (tertiary/aromatic N) is 2. The van der Waals surface area contributed by atoms with Gasteiger partial charge in [0, 0.05) is 43.1 Å². The SMILES string of the molecule is OCC1(CNCc2cncnc2)CCCC1. The predicted molar refractivity (Wildman–Crippen MR) is 61.7 cm³/mol. The monoisotopic (exact) mass is 221 g/mol. The zero-order chi connectivity index (χ0) is 11.3. The molecule has 1 aliphatic carbocycles. The summed E-state index contributed by atoms with van der Waals surface area (Å²) in [7, 11) is 0. The Bertz CT molecular complexity index is 309. The van der Waals surface area contributed by atoms with Crippen molar-refractivity contribution in [2.24, 2.45) is 5.41 Å². The number of aromatic nitrogens is 2. The molecule has 0 bridgehead atoms. The molecule has 0 amide bonds. The number of rotatable bonds is 5. The first-order valence-electron chi connectivity index (χ1n) is 5.90. The van der Waals surface area contributed by atoms with Gasteiger partial charge in [-0.3, -0.25) is 0 Å². The quantitative estimate of drug-likeness (QED) is 0.782. The Balaban J connectivity index is 1.79. The van der Waals surface area contributed by atoms with Crippen molar-refractivity contribution in [2.45, 2.75) is 32.2 Å². The van der Waals surface area contributed by atoms with E-state index < -0.39 is 0 Å². The summed E-state index contributed by atoms with van der Waals surface area (Å²) in [5, 5.41) is 12.8. The molecule has 0 aromatic carbocycles. The van der Waals surface area contributed by atoms with E-state index in [1.807, 2.05) is 12.4 Å². The Morgan fingerprint density at radius 2 is 1.94 bits per heavy atom. The van der Waals surface area contributed by atoms with Crippen LogP contribution in [-0.4, -0.2) is 28.2 Å². The maximum Gasteiger partial charge on any atom is 0.115 e. The van der Waals surface area contributed by atoms with Gasteiger partial charge in [-0.25, -0.2) is 9.97 Å². The first kappa shape index (κ1) is 11.5. The lowest BCUT2D eigenvalue weighted by Crippen LogP contribution is -2.34. The summed E-state index contributed by atoms with van der Waals surface area (Å²) in [5.74, 6) is 0. The Kier molecular flexibility index (Phi) is 3.85. The third-order valence-corrected chi connectivity index (χ3v) is 3.44. The molecule has 0 unspecified atom stereocenters. The molecular formula is C12H19N3O. The average Bonchev–Trinajstić information content (AvgIpc) is 2.80. The van der Waals surface area contributed by atoms with Gasteiger partial charge in [-0.05, 0) is 12.8 Å². The van der Waals surface area contributed by atoms with Crippen molar-refractivity contribution in [1.82, 2.24) is 15.3 Å². The molecule has 2 N–H and O–H groups in total. The Labute approximate surface area is 96.1 Å². The molecule has 0 radical (unpaired) electrons. The highest BCUT2D eigenvalue weighted by molar-refractivity contribution is 5.01. The average molecular weight is 221 g/mol. The topological polar surface area (TPSA) is 58.0 Å². The van der Waals surface area contributed by atoms with E-state index in [0.29, 0.717) is 6.61 Å². The van der Waals surface area contributed by atoms with Crippen LogP contribution in [-0.2, 0) is 6.54 Å². The van der Waals surface area contributed by atoms with Crippen LogP contribution in [0.4, 0.5) is 0 Å². The van der Waals surface area contributed by atoms with Crippen LogP contribution >= 0.6 is 0 Å². The molecule has 0 spiro atoms. The summed E-state index contributed by atoms with van der Waals surface area (Å²) in [6, 6.07) is 0. The van der Waals surface area contributed by atoms with Gasteiger partial charge in [0.2, 0.25) is 0 Å². The molecule has 1 fully saturated rings. The van der Waals surface area contributed by atoms with Crippen molar-refractivity contribution in [3.63, 3.8) is 0 Å². The van der Waals surface area contributed by atoms with Gasteiger partial charge in [0.05, 0.1) is 0 Å². The Morgan fingerprint density at radius 3 is 2.56 bits per heavy atom. The largest absolute Gasteiger partial charge is 0.396 e. The van der Waals surface area contributed by atoms with E-state index in [1.54, 1.807) is 0 Å². The van der Waals surface area contributed by atoms with E-state index in [9.17, 15) is 5.11 Å². The minimum atomic E-state index is 0.121. The maximum atomic E-state index is 9.45. The number of hydrogen-bond donors (Lipinski definition) is 2. The summed E-state index contributed by atoms with van der Waals surface area (Å²) in [6.07, 6.45) is 9.95. The normalized spacial score (nSPS) is 18.8. The first-order valence-corrected chi connectivity index (χ1v) is 5.90. The van der Waals surface area contributed by atoms with Crippen molar-refractivity contribution in [2.75, 3.05) is 13.2 Å².